The molecule has 4 rings (SSSR count). The summed E-state index contributed by atoms with van der Waals surface area (Å²) in [5.41, 5.74) is 0.778. The van der Waals surface area contributed by atoms with Crippen LogP contribution in [0, 0.1) is 21.8 Å². The number of nitro benzene ring substituents is 1. The van der Waals surface area contributed by atoms with Gasteiger partial charge in [0.05, 0.1) is 21.4 Å². The summed E-state index contributed by atoms with van der Waals surface area (Å²) in [7, 11) is -3.46. The molecule has 0 bridgehead atoms. The van der Waals surface area contributed by atoms with Crippen LogP contribution < -0.4 is 9.80 Å². The summed E-state index contributed by atoms with van der Waals surface area (Å²) < 4.78 is 37.6. The monoisotopic (exact) mass is 461 g/mol. The number of fused-ring (bicyclic) bond motifs is 1. The van der Waals surface area contributed by atoms with E-state index in [-0.39, 0.29) is 29.5 Å². The fourth-order valence-electron chi connectivity index (χ4n) is 4.17. The minimum absolute atomic E-state index is 0.00193. The van der Waals surface area contributed by atoms with Gasteiger partial charge in [-0.15, -0.1) is 0 Å². The average molecular weight is 461 g/mol. The molecule has 0 spiro atoms. The molecule has 0 N–H and O–H groups in total. The maximum absolute atomic E-state index is 13.7. The van der Waals surface area contributed by atoms with Gasteiger partial charge in [-0.1, -0.05) is 6.07 Å². The molecule has 2 aromatic rings. The second-order valence-corrected chi connectivity index (χ2v) is 9.97. The van der Waals surface area contributed by atoms with E-state index >= 15 is 0 Å². The van der Waals surface area contributed by atoms with Crippen LogP contribution in [0.3, 0.4) is 0 Å². The van der Waals surface area contributed by atoms with E-state index in [0.29, 0.717) is 25.1 Å². The number of aryl methyl sites for hydroxylation is 1. The van der Waals surface area contributed by atoms with Gasteiger partial charge >= 0.3 is 5.69 Å². The lowest BCUT2D eigenvalue weighted by Gasteiger charge is -2.31. The summed E-state index contributed by atoms with van der Waals surface area (Å²) in [5, 5.41) is 11.0. The molecule has 32 heavy (non-hydrogen) atoms. The fraction of sp³-hybridized carbons (Fsp3) is 0.333. The summed E-state index contributed by atoms with van der Waals surface area (Å²) >= 11 is 0. The van der Waals surface area contributed by atoms with Crippen LogP contribution in [-0.4, -0.2) is 44.5 Å². The second kappa shape index (κ2) is 7.97. The van der Waals surface area contributed by atoms with Crippen LogP contribution in [0.25, 0.3) is 0 Å². The predicted octanol–water partition coefficient (Wildman–Crippen LogP) is 2.47. The van der Waals surface area contributed by atoms with Gasteiger partial charge < -0.3 is 9.80 Å². The highest BCUT2D eigenvalue weighted by Crippen LogP contribution is 2.34. The summed E-state index contributed by atoms with van der Waals surface area (Å²) in [6.07, 6.45) is 2.41. The Kier molecular flexibility index (Phi) is 5.45. The zero-order valence-corrected chi connectivity index (χ0v) is 18.0. The molecule has 9 nitrogen and oxygen atoms in total. The molecule has 2 aliphatic heterocycles. The van der Waals surface area contributed by atoms with E-state index in [2.05, 4.69) is 0 Å². The number of anilines is 2. The Labute approximate surface area is 183 Å². The standard InChI is InChI=1S/C21H20FN3O6S/c1-32(30,31)16-6-4-13-3-2-8-23(18(13)11-16)21(27)14-9-20(26)24(12-14)15-5-7-17(22)19(10-15)25(28)29/h4-7,10-11,14H,2-3,8-9,12H2,1H3. The Morgan fingerprint density at radius 1 is 1.22 bits per heavy atom. The SMILES string of the molecule is CS(=O)(=O)c1ccc2c(c1)N(C(=O)C1CC(=O)N(c3ccc(F)c([N+](=O)[O-])c3)C1)CCC2. The van der Waals surface area contributed by atoms with Gasteiger partial charge in [-0.25, -0.2) is 8.42 Å². The van der Waals surface area contributed by atoms with Crippen LogP contribution in [0.1, 0.15) is 18.4 Å². The van der Waals surface area contributed by atoms with Crippen molar-refractivity contribution in [2.24, 2.45) is 5.92 Å². The number of carbonyl (C=O) groups is 2. The number of benzene rings is 2. The minimum atomic E-state index is -3.46. The molecule has 2 aliphatic rings. The van der Waals surface area contributed by atoms with Crippen LogP contribution in [0.15, 0.2) is 41.3 Å². The van der Waals surface area contributed by atoms with E-state index in [1.54, 1.807) is 6.07 Å². The quantitative estimate of drug-likeness (QED) is 0.510. The number of halogens is 1. The molecule has 168 valence electrons. The molecule has 1 fully saturated rings. The van der Waals surface area contributed by atoms with E-state index < -0.39 is 38.1 Å². The van der Waals surface area contributed by atoms with Crippen LogP contribution in [0.2, 0.25) is 0 Å². The van der Waals surface area contributed by atoms with Gasteiger partial charge in [-0.3, -0.25) is 19.7 Å². The van der Waals surface area contributed by atoms with Crippen molar-refractivity contribution in [1.29, 1.82) is 0 Å². The zero-order valence-electron chi connectivity index (χ0n) is 17.2. The Hall–Kier alpha value is -3.34. The molecule has 1 saturated heterocycles. The fourth-order valence-corrected chi connectivity index (χ4v) is 4.81. The first-order chi connectivity index (χ1) is 15.1. The van der Waals surface area contributed by atoms with E-state index in [1.165, 1.54) is 28.0 Å². The molecule has 2 heterocycles. The number of nitro groups is 1. The van der Waals surface area contributed by atoms with Crippen LogP contribution in [-0.2, 0) is 25.8 Å². The highest BCUT2D eigenvalue weighted by molar-refractivity contribution is 7.90. The van der Waals surface area contributed by atoms with E-state index in [0.717, 1.165) is 24.0 Å². The summed E-state index contributed by atoms with van der Waals surface area (Å²) in [6.45, 7) is 0.393. The number of nitrogens with zero attached hydrogens (tertiary/aromatic N) is 3. The third-order valence-electron chi connectivity index (χ3n) is 5.78. The highest BCUT2D eigenvalue weighted by atomic mass is 32.2. The van der Waals surface area contributed by atoms with Crippen LogP contribution in [0.4, 0.5) is 21.5 Å². The second-order valence-electron chi connectivity index (χ2n) is 7.95. The normalized spacial score (nSPS) is 18.6. The third-order valence-corrected chi connectivity index (χ3v) is 6.89. The number of carbonyl (C=O) groups excluding carboxylic acids is 2. The van der Waals surface area contributed by atoms with Crippen molar-refractivity contribution in [3.63, 3.8) is 0 Å². The van der Waals surface area contributed by atoms with Gasteiger partial charge in [0, 0.05) is 37.5 Å². The van der Waals surface area contributed by atoms with Gasteiger partial charge in [-0.2, -0.15) is 4.39 Å². The van der Waals surface area contributed by atoms with Crippen LogP contribution >= 0.6 is 0 Å². The third kappa shape index (κ3) is 3.95. The topological polar surface area (TPSA) is 118 Å². The molecule has 0 saturated carbocycles. The predicted molar refractivity (Wildman–Crippen MR) is 114 cm³/mol. The number of sulfone groups is 1. The maximum atomic E-state index is 13.7. The first-order valence-electron chi connectivity index (χ1n) is 9.95. The zero-order chi connectivity index (χ0) is 23.2. The Morgan fingerprint density at radius 3 is 2.66 bits per heavy atom. The average Bonchev–Trinajstić information content (AvgIpc) is 3.13. The number of amides is 2. The van der Waals surface area contributed by atoms with E-state index in [4.69, 9.17) is 0 Å². The molecule has 1 unspecified atom stereocenters. The van der Waals surface area contributed by atoms with Gasteiger partial charge in [0.15, 0.2) is 9.84 Å². The molecule has 2 amide bonds. The number of rotatable bonds is 4. The minimum Gasteiger partial charge on any atom is -0.312 e. The Morgan fingerprint density at radius 2 is 1.97 bits per heavy atom. The van der Waals surface area contributed by atoms with E-state index in [9.17, 15) is 32.5 Å². The van der Waals surface area contributed by atoms with Crippen molar-refractivity contribution in [1.82, 2.24) is 0 Å². The lowest BCUT2D eigenvalue weighted by molar-refractivity contribution is -0.387. The Bertz CT molecular complexity index is 1250. The van der Waals surface area contributed by atoms with Crippen molar-refractivity contribution in [3.8, 4) is 0 Å². The molecular weight excluding hydrogens is 441 g/mol. The summed E-state index contributed by atoms with van der Waals surface area (Å²) in [5.74, 6) is -2.43. The number of hydrogen-bond acceptors (Lipinski definition) is 6. The van der Waals surface area contributed by atoms with E-state index in [1.807, 2.05) is 0 Å². The lowest BCUT2D eigenvalue weighted by atomic mass is 9.99. The molecule has 1 atom stereocenters. The smallest absolute Gasteiger partial charge is 0.306 e. The Balaban J connectivity index is 1.61. The summed E-state index contributed by atoms with van der Waals surface area (Å²) in [6, 6.07) is 7.87. The molecule has 11 heteroatoms. The van der Waals surface area contributed by atoms with Crippen molar-refractivity contribution in [2.45, 2.75) is 24.2 Å². The van der Waals surface area contributed by atoms with Crippen molar-refractivity contribution < 1.29 is 27.3 Å². The van der Waals surface area contributed by atoms with Crippen molar-refractivity contribution in [3.05, 3.63) is 57.9 Å². The first-order valence-corrected chi connectivity index (χ1v) is 11.8. The van der Waals surface area contributed by atoms with Crippen LogP contribution in [0.5, 0.6) is 0 Å². The molecule has 0 radical (unpaired) electrons. The largest absolute Gasteiger partial charge is 0.312 e. The maximum Gasteiger partial charge on any atom is 0.306 e. The number of hydrogen-bond donors (Lipinski definition) is 0. The van der Waals surface area contributed by atoms with Gasteiger partial charge in [0.2, 0.25) is 17.6 Å². The van der Waals surface area contributed by atoms with Gasteiger partial charge in [0.25, 0.3) is 0 Å². The van der Waals surface area contributed by atoms with Gasteiger partial charge in [0.1, 0.15) is 0 Å². The summed E-state index contributed by atoms with van der Waals surface area (Å²) in [4.78, 5) is 38.9. The lowest BCUT2D eigenvalue weighted by Crippen LogP contribution is -2.40. The van der Waals surface area contributed by atoms with Crippen molar-refractivity contribution in [2.75, 3.05) is 29.1 Å². The van der Waals surface area contributed by atoms with Crippen molar-refractivity contribution >= 4 is 38.7 Å². The highest BCUT2D eigenvalue weighted by Gasteiger charge is 2.39. The molecule has 2 aromatic carbocycles. The van der Waals surface area contributed by atoms with Gasteiger partial charge in [-0.05, 0) is 42.7 Å². The molecule has 0 aliphatic carbocycles. The first kappa shape index (κ1) is 21.9. The molecular formula is C21H20FN3O6S. The molecule has 0 aromatic heterocycles.